The summed E-state index contributed by atoms with van der Waals surface area (Å²) in [5.74, 6) is -2.23. The summed E-state index contributed by atoms with van der Waals surface area (Å²) in [4.78, 5) is 13.6. The van der Waals surface area contributed by atoms with E-state index < -0.39 is 26.6 Å². The number of nitrogens with zero attached hydrogens (tertiary/aromatic N) is 2. The summed E-state index contributed by atoms with van der Waals surface area (Å²) < 4.78 is 53.7. The zero-order valence-corrected chi connectivity index (χ0v) is 17.4. The zero-order valence-electron chi connectivity index (χ0n) is 15.8. The fourth-order valence-electron chi connectivity index (χ4n) is 3.46. The molecule has 0 bridgehead atoms. The second-order valence-corrected chi connectivity index (χ2v) is 9.42. The lowest BCUT2D eigenvalue weighted by atomic mass is 9.96. The molecule has 156 valence electrons. The molecular formula is C20H21ClF2N2O3S. The van der Waals surface area contributed by atoms with Crippen LogP contribution in [-0.4, -0.2) is 43.7 Å². The first-order valence-electron chi connectivity index (χ1n) is 9.13. The number of hydrogen-bond acceptors (Lipinski definition) is 3. The average molecular weight is 443 g/mol. The lowest BCUT2D eigenvalue weighted by Crippen LogP contribution is -2.43. The Labute approximate surface area is 173 Å². The molecule has 3 rings (SSSR count). The molecule has 0 aliphatic carbocycles. The Bertz CT molecular complexity index is 1010. The third-order valence-electron chi connectivity index (χ3n) is 5.00. The summed E-state index contributed by atoms with van der Waals surface area (Å²) in [6.45, 7) is 0.534. The third kappa shape index (κ3) is 4.94. The third-order valence-corrected chi connectivity index (χ3v) is 7.15. The van der Waals surface area contributed by atoms with Crippen molar-refractivity contribution >= 4 is 27.5 Å². The molecule has 1 amide bonds. The van der Waals surface area contributed by atoms with Crippen molar-refractivity contribution < 1.29 is 22.0 Å². The van der Waals surface area contributed by atoms with Gasteiger partial charge in [0.15, 0.2) is 0 Å². The molecule has 1 fully saturated rings. The van der Waals surface area contributed by atoms with Gasteiger partial charge in [-0.05, 0) is 48.7 Å². The van der Waals surface area contributed by atoms with Crippen LogP contribution in [0.1, 0.15) is 18.4 Å². The van der Waals surface area contributed by atoms with E-state index in [0.29, 0.717) is 30.5 Å². The van der Waals surface area contributed by atoms with Gasteiger partial charge in [0.1, 0.15) is 16.5 Å². The van der Waals surface area contributed by atoms with E-state index in [-0.39, 0.29) is 24.9 Å². The maximum absolute atomic E-state index is 13.9. The van der Waals surface area contributed by atoms with Gasteiger partial charge in [-0.1, -0.05) is 23.7 Å². The minimum atomic E-state index is -4.16. The minimum absolute atomic E-state index is 0.0691. The molecule has 2 aromatic carbocycles. The Morgan fingerprint density at radius 1 is 1.17 bits per heavy atom. The van der Waals surface area contributed by atoms with Gasteiger partial charge in [-0.2, -0.15) is 4.31 Å². The van der Waals surface area contributed by atoms with E-state index in [2.05, 4.69) is 0 Å². The average Bonchev–Trinajstić information content (AvgIpc) is 2.69. The molecule has 1 heterocycles. The van der Waals surface area contributed by atoms with E-state index in [4.69, 9.17) is 11.6 Å². The fourth-order valence-corrected chi connectivity index (χ4v) is 5.21. The van der Waals surface area contributed by atoms with Crippen molar-refractivity contribution in [1.82, 2.24) is 9.21 Å². The van der Waals surface area contributed by atoms with Gasteiger partial charge in [0, 0.05) is 37.6 Å². The van der Waals surface area contributed by atoms with Crippen LogP contribution in [0.25, 0.3) is 0 Å². The van der Waals surface area contributed by atoms with Gasteiger partial charge >= 0.3 is 0 Å². The highest BCUT2D eigenvalue weighted by atomic mass is 35.5. The van der Waals surface area contributed by atoms with Gasteiger partial charge in [0.05, 0.1) is 0 Å². The normalized spacial score (nSPS) is 16.0. The first-order valence-corrected chi connectivity index (χ1v) is 10.9. The van der Waals surface area contributed by atoms with Crippen molar-refractivity contribution in [3.63, 3.8) is 0 Å². The van der Waals surface area contributed by atoms with Crippen molar-refractivity contribution in [1.29, 1.82) is 0 Å². The van der Waals surface area contributed by atoms with Crippen LogP contribution >= 0.6 is 11.6 Å². The quantitative estimate of drug-likeness (QED) is 0.709. The summed E-state index contributed by atoms with van der Waals surface area (Å²) >= 11 is 5.97. The molecule has 0 spiro atoms. The van der Waals surface area contributed by atoms with E-state index >= 15 is 0 Å². The number of carbonyl (C=O) groups excluding carboxylic acids is 1. The number of hydrogen-bond donors (Lipinski definition) is 0. The Morgan fingerprint density at radius 2 is 1.86 bits per heavy atom. The number of piperidine rings is 1. The summed E-state index contributed by atoms with van der Waals surface area (Å²) in [5.41, 5.74) is 0.898. The molecule has 0 saturated carbocycles. The molecule has 0 unspecified atom stereocenters. The molecule has 9 heteroatoms. The Hall–Kier alpha value is -2.03. The van der Waals surface area contributed by atoms with Crippen LogP contribution in [0, 0.1) is 17.6 Å². The van der Waals surface area contributed by atoms with Crippen molar-refractivity contribution in [2.24, 2.45) is 5.92 Å². The van der Waals surface area contributed by atoms with E-state index in [9.17, 15) is 22.0 Å². The smallest absolute Gasteiger partial charge is 0.246 e. The molecule has 1 aliphatic heterocycles. The van der Waals surface area contributed by atoms with Gasteiger partial charge in [-0.25, -0.2) is 17.2 Å². The molecule has 1 saturated heterocycles. The standard InChI is InChI=1S/C20H21ClF2N2O3S/c1-24(13-14-3-2-4-16(21)11-14)20(26)15-7-9-25(10-8-15)29(27,28)19-12-17(22)5-6-18(19)23/h2-6,11-12,15H,7-10,13H2,1H3. The minimum Gasteiger partial charge on any atom is -0.341 e. The molecule has 0 aromatic heterocycles. The van der Waals surface area contributed by atoms with Crippen molar-refractivity contribution in [2.75, 3.05) is 20.1 Å². The van der Waals surface area contributed by atoms with Crippen LogP contribution in [-0.2, 0) is 21.4 Å². The number of halogens is 3. The lowest BCUT2D eigenvalue weighted by molar-refractivity contribution is -0.135. The SMILES string of the molecule is CN(Cc1cccc(Cl)c1)C(=O)C1CCN(S(=O)(=O)c2cc(F)ccc2F)CC1. The van der Waals surface area contributed by atoms with Gasteiger partial charge in [0.2, 0.25) is 15.9 Å². The highest BCUT2D eigenvalue weighted by Crippen LogP contribution is 2.27. The molecule has 2 aromatic rings. The van der Waals surface area contributed by atoms with E-state index in [1.807, 2.05) is 12.1 Å². The van der Waals surface area contributed by atoms with E-state index in [0.717, 1.165) is 22.0 Å². The number of rotatable bonds is 5. The molecule has 0 atom stereocenters. The Morgan fingerprint density at radius 3 is 2.52 bits per heavy atom. The van der Waals surface area contributed by atoms with Crippen LogP contribution in [0.3, 0.4) is 0 Å². The van der Waals surface area contributed by atoms with Crippen LogP contribution in [0.15, 0.2) is 47.4 Å². The monoisotopic (exact) mass is 442 g/mol. The largest absolute Gasteiger partial charge is 0.341 e. The predicted molar refractivity (Wildman–Crippen MR) is 106 cm³/mol. The number of benzene rings is 2. The molecule has 1 aliphatic rings. The lowest BCUT2D eigenvalue weighted by Gasteiger charge is -2.32. The maximum Gasteiger partial charge on any atom is 0.246 e. The first-order chi connectivity index (χ1) is 13.7. The fraction of sp³-hybridized carbons (Fsp3) is 0.350. The molecule has 5 nitrogen and oxygen atoms in total. The zero-order chi connectivity index (χ0) is 21.2. The second kappa shape index (κ2) is 8.77. The number of amides is 1. The van der Waals surface area contributed by atoms with Crippen LogP contribution in [0.2, 0.25) is 5.02 Å². The first kappa shape index (κ1) is 21.7. The maximum atomic E-state index is 13.9. The van der Waals surface area contributed by atoms with E-state index in [1.54, 1.807) is 24.1 Å². The molecule has 0 N–H and O–H groups in total. The van der Waals surface area contributed by atoms with Crippen molar-refractivity contribution in [2.45, 2.75) is 24.3 Å². The van der Waals surface area contributed by atoms with Crippen molar-refractivity contribution in [3.8, 4) is 0 Å². The summed E-state index contributed by atoms with van der Waals surface area (Å²) in [6.07, 6.45) is 0.629. The molecule has 0 radical (unpaired) electrons. The summed E-state index contributed by atoms with van der Waals surface area (Å²) in [6, 6.07) is 9.57. The number of carbonyl (C=O) groups is 1. The Balaban J connectivity index is 1.63. The molecular weight excluding hydrogens is 422 g/mol. The summed E-state index contributed by atoms with van der Waals surface area (Å²) in [5, 5.41) is 0.589. The summed E-state index contributed by atoms with van der Waals surface area (Å²) in [7, 11) is -2.47. The highest BCUT2D eigenvalue weighted by molar-refractivity contribution is 7.89. The second-order valence-electron chi connectivity index (χ2n) is 7.08. The van der Waals surface area contributed by atoms with Gasteiger partial charge < -0.3 is 4.90 Å². The predicted octanol–water partition coefficient (Wildman–Crippen LogP) is 3.68. The topological polar surface area (TPSA) is 57.7 Å². The van der Waals surface area contributed by atoms with Crippen LogP contribution < -0.4 is 0 Å². The molecule has 29 heavy (non-hydrogen) atoms. The van der Waals surface area contributed by atoms with Gasteiger partial charge in [-0.15, -0.1) is 0 Å². The van der Waals surface area contributed by atoms with Crippen LogP contribution in [0.4, 0.5) is 8.78 Å². The highest BCUT2D eigenvalue weighted by Gasteiger charge is 2.34. The number of sulfonamides is 1. The van der Waals surface area contributed by atoms with Gasteiger partial charge in [0.25, 0.3) is 0 Å². The van der Waals surface area contributed by atoms with Crippen LogP contribution in [0.5, 0.6) is 0 Å². The van der Waals surface area contributed by atoms with Crippen molar-refractivity contribution in [3.05, 3.63) is 64.7 Å². The Kier molecular flexibility index (Phi) is 6.55. The van der Waals surface area contributed by atoms with Gasteiger partial charge in [-0.3, -0.25) is 4.79 Å². The van der Waals surface area contributed by atoms with E-state index in [1.165, 1.54) is 0 Å².